The Balaban J connectivity index is 2.23. The fourth-order valence-corrected chi connectivity index (χ4v) is 3.07. The van der Waals surface area contributed by atoms with Gasteiger partial charge in [0.2, 0.25) is 0 Å². The Labute approximate surface area is 157 Å². The van der Waals surface area contributed by atoms with Crippen molar-refractivity contribution in [3.05, 3.63) is 69.0 Å². The molecule has 0 fully saturated rings. The van der Waals surface area contributed by atoms with Crippen LogP contribution in [-0.4, -0.2) is 28.4 Å². The highest BCUT2D eigenvalue weighted by molar-refractivity contribution is 7.79. The van der Waals surface area contributed by atoms with Crippen molar-refractivity contribution in [2.75, 3.05) is 11.9 Å². The third-order valence-electron chi connectivity index (χ3n) is 4.30. The fraction of sp³-hybridized carbons (Fsp3) is 0.105. The predicted molar refractivity (Wildman–Crippen MR) is 103 cm³/mol. The second kappa shape index (κ2) is 6.88. The van der Waals surface area contributed by atoms with Crippen molar-refractivity contribution in [1.29, 1.82) is 0 Å². The summed E-state index contributed by atoms with van der Waals surface area (Å²) in [5.41, 5.74) is -0.150. The molecule has 0 unspecified atom stereocenters. The number of thiocarbonyl (C=S) groups is 1. The summed E-state index contributed by atoms with van der Waals surface area (Å²) in [6.45, 7) is 1.73. The standard InChI is InChI=1S/C19H14F2N2O3S/c1-9-3-4-10(8-27)14-16(9)22-18(25)15(17(14)24)19(26)23(2)13-6-5-11(20)7-12(13)21/h3-8H,1-2H3,(H2,22,24,25). The van der Waals surface area contributed by atoms with E-state index in [4.69, 9.17) is 12.2 Å². The lowest BCUT2D eigenvalue weighted by Crippen LogP contribution is -2.32. The molecule has 3 rings (SSSR count). The van der Waals surface area contributed by atoms with E-state index in [0.29, 0.717) is 22.7 Å². The second-order valence-electron chi connectivity index (χ2n) is 5.98. The molecule has 1 heterocycles. The van der Waals surface area contributed by atoms with Crippen molar-refractivity contribution in [3.8, 4) is 5.75 Å². The highest BCUT2D eigenvalue weighted by Gasteiger charge is 2.26. The molecule has 1 amide bonds. The van der Waals surface area contributed by atoms with Crippen LogP contribution < -0.4 is 10.5 Å². The number of rotatable bonds is 3. The van der Waals surface area contributed by atoms with Crippen molar-refractivity contribution in [3.63, 3.8) is 0 Å². The Bertz CT molecular complexity index is 1160. The van der Waals surface area contributed by atoms with E-state index in [1.807, 2.05) is 0 Å². The molecule has 1 aromatic heterocycles. The quantitative estimate of drug-likeness (QED) is 0.674. The highest BCUT2D eigenvalue weighted by Crippen LogP contribution is 2.31. The molecule has 0 atom stereocenters. The van der Waals surface area contributed by atoms with Crippen molar-refractivity contribution >= 4 is 40.1 Å². The van der Waals surface area contributed by atoms with E-state index in [1.165, 1.54) is 12.4 Å². The number of nitrogens with zero attached hydrogens (tertiary/aromatic N) is 1. The summed E-state index contributed by atoms with van der Waals surface area (Å²) in [6.07, 6.45) is 0. The van der Waals surface area contributed by atoms with Gasteiger partial charge in [-0.3, -0.25) is 9.59 Å². The molecule has 5 nitrogen and oxygen atoms in total. The van der Waals surface area contributed by atoms with Gasteiger partial charge >= 0.3 is 0 Å². The normalized spacial score (nSPS) is 10.8. The van der Waals surface area contributed by atoms with Crippen molar-refractivity contribution in [2.45, 2.75) is 6.92 Å². The van der Waals surface area contributed by atoms with Crippen LogP contribution in [0.5, 0.6) is 5.75 Å². The molecular weight excluding hydrogens is 374 g/mol. The van der Waals surface area contributed by atoms with E-state index in [-0.39, 0.29) is 11.1 Å². The summed E-state index contributed by atoms with van der Waals surface area (Å²) in [4.78, 5) is 28.7. The summed E-state index contributed by atoms with van der Waals surface area (Å²) in [7, 11) is 1.22. The highest BCUT2D eigenvalue weighted by atomic mass is 32.1. The number of hydrogen-bond acceptors (Lipinski definition) is 4. The number of aromatic nitrogens is 1. The maximum absolute atomic E-state index is 14.0. The van der Waals surface area contributed by atoms with Gasteiger partial charge in [0, 0.05) is 23.9 Å². The zero-order valence-electron chi connectivity index (χ0n) is 14.3. The van der Waals surface area contributed by atoms with Gasteiger partial charge in [-0.1, -0.05) is 24.4 Å². The molecule has 8 heteroatoms. The van der Waals surface area contributed by atoms with Crippen LogP contribution in [0.4, 0.5) is 14.5 Å². The largest absolute Gasteiger partial charge is 0.506 e. The Hall–Kier alpha value is -3.13. The molecule has 0 aliphatic heterocycles. The van der Waals surface area contributed by atoms with Crippen molar-refractivity contribution < 1.29 is 18.7 Å². The summed E-state index contributed by atoms with van der Waals surface area (Å²) < 4.78 is 27.1. The van der Waals surface area contributed by atoms with Gasteiger partial charge in [0.1, 0.15) is 22.9 Å². The number of anilines is 1. The first-order valence-corrected chi connectivity index (χ1v) is 8.30. The maximum atomic E-state index is 14.0. The molecule has 0 saturated heterocycles. The number of hydrogen-bond donors (Lipinski definition) is 2. The van der Waals surface area contributed by atoms with Crippen LogP contribution in [0.25, 0.3) is 10.9 Å². The maximum Gasteiger partial charge on any atom is 0.267 e. The SMILES string of the molecule is Cc1ccc(C=S)c2c(O)c(C(=O)N(C)c3ccc(F)cc3F)c(=O)[nH]c12. The third-order valence-corrected chi connectivity index (χ3v) is 4.56. The Morgan fingerprint density at radius 2 is 1.96 bits per heavy atom. The van der Waals surface area contributed by atoms with Crippen molar-refractivity contribution in [1.82, 2.24) is 4.98 Å². The molecule has 0 radical (unpaired) electrons. The summed E-state index contributed by atoms with van der Waals surface area (Å²) in [5.74, 6) is -3.27. The van der Waals surface area contributed by atoms with Crippen LogP contribution >= 0.6 is 12.2 Å². The molecule has 138 valence electrons. The predicted octanol–water partition coefficient (Wildman–Crippen LogP) is 3.44. The van der Waals surface area contributed by atoms with Crippen LogP contribution in [0.1, 0.15) is 21.5 Å². The van der Waals surface area contributed by atoms with Crippen LogP contribution in [0, 0.1) is 18.6 Å². The molecule has 2 N–H and O–H groups in total. The topological polar surface area (TPSA) is 73.4 Å². The average molecular weight is 388 g/mol. The van der Waals surface area contributed by atoms with Gasteiger partial charge in [-0.05, 0) is 30.2 Å². The number of aromatic amines is 1. The molecule has 0 spiro atoms. The van der Waals surface area contributed by atoms with Gasteiger partial charge in [-0.15, -0.1) is 0 Å². The first-order chi connectivity index (χ1) is 12.8. The fourth-order valence-electron chi connectivity index (χ4n) is 2.87. The number of carbonyl (C=O) groups excluding carboxylic acids is 1. The summed E-state index contributed by atoms with van der Waals surface area (Å²) in [5, 5.41) is 12.2. The molecule has 27 heavy (non-hydrogen) atoms. The molecule has 3 aromatic rings. The van der Waals surface area contributed by atoms with Gasteiger partial charge in [0.05, 0.1) is 11.2 Å². The Morgan fingerprint density at radius 1 is 1.26 bits per heavy atom. The minimum absolute atomic E-state index is 0.223. The van der Waals surface area contributed by atoms with Crippen LogP contribution in [0.2, 0.25) is 0 Å². The molecule has 0 saturated carbocycles. The number of amides is 1. The minimum atomic E-state index is -0.974. The smallest absolute Gasteiger partial charge is 0.267 e. The Morgan fingerprint density at radius 3 is 2.59 bits per heavy atom. The number of nitrogens with one attached hydrogen (secondary N) is 1. The first-order valence-electron chi connectivity index (χ1n) is 7.83. The number of carbonyl (C=O) groups is 1. The number of fused-ring (bicyclic) bond motifs is 1. The monoisotopic (exact) mass is 388 g/mol. The van der Waals surface area contributed by atoms with E-state index in [2.05, 4.69) is 4.98 Å². The Kier molecular flexibility index (Phi) is 4.75. The lowest BCUT2D eigenvalue weighted by atomic mass is 10.0. The zero-order chi connectivity index (χ0) is 19.9. The molecule has 2 aromatic carbocycles. The lowest BCUT2D eigenvalue weighted by Gasteiger charge is -2.19. The number of H-pyrrole nitrogens is 1. The summed E-state index contributed by atoms with van der Waals surface area (Å²) in [6, 6.07) is 6.05. The number of pyridine rings is 1. The van der Waals surface area contributed by atoms with Gasteiger partial charge in [0.25, 0.3) is 11.5 Å². The van der Waals surface area contributed by atoms with E-state index in [9.17, 15) is 23.5 Å². The molecule has 0 bridgehead atoms. The average Bonchev–Trinajstić information content (AvgIpc) is 2.62. The van der Waals surface area contributed by atoms with E-state index in [1.54, 1.807) is 19.1 Å². The van der Waals surface area contributed by atoms with Gasteiger partial charge in [-0.25, -0.2) is 8.78 Å². The lowest BCUT2D eigenvalue weighted by molar-refractivity contribution is 0.0988. The van der Waals surface area contributed by atoms with E-state index < -0.39 is 34.4 Å². The molecule has 0 aliphatic rings. The van der Waals surface area contributed by atoms with E-state index in [0.717, 1.165) is 17.0 Å². The second-order valence-corrected chi connectivity index (χ2v) is 6.21. The van der Waals surface area contributed by atoms with Crippen molar-refractivity contribution in [2.24, 2.45) is 0 Å². The van der Waals surface area contributed by atoms with E-state index >= 15 is 0 Å². The van der Waals surface area contributed by atoms with Gasteiger partial charge in [0.15, 0.2) is 0 Å². The zero-order valence-corrected chi connectivity index (χ0v) is 15.2. The van der Waals surface area contributed by atoms with Crippen LogP contribution in [0.3, 0.4) is 0 Å². The van der Waals surface area contributed by atoms with Gasteiger partial charge in [-0.2, -0.15) is 0 Å². The number of aromatic hydroxyl groups is 1. The van der Waals surface area contributed by atoms with Crippen LogP contribution in [0.15, 0.2) is 35.1 Å². The van der Waals surface area contributed by atoms with Gasteiger partial charge < -0.3 is 15.0 Å². The molecule has 0 aliphatic carbocycles. The summed E-state index contributed by atoms with van der Waals surface area (Å²) >= 11 is 4.94. The number of benzene rings is 2. The first kappa shape index (κ1) is 18.7. The third kappa shape index (κ3) is 3.08. The number of halogens is 2. The molecular formula is C19H14F2N2O3S. The van der Waals surface area contributed by atoms with Crippen LogP contribution in [-0.2, 0) is 0 Å². The number of aryl methyl sites for hydroxylation is 1. The minimum Gasteiger partial charge on any atom is -0.506 e.